The SMILES string of the molecule is COc1ccccc1N(C(=O)OC1CN2CCC1CC2)C(C)C. The Balaban J connectivity index is 1.77. The van der Waals surface area contributed by atoms with Gasteiger partial charge in [-0.15, -0.1) is 0 Å². The fraction of sp³-hybridized carbons (Fsp3) is 0.611. The van der Waals surface area contributed by atoms with Crippen LogP contribution in [0, 0.1) is 5.92 Å². The van der Waals surface area contributed by atoms with E-state index < -0.39 is 0 Å². The Bertz CT molecular complexity index is 553. The third-order valence-corrected chi connectivity index (χ3v) is 4.91. The second-order valence-corrected chi connectivity index (χ2v) is 6.70. The number of carbonyl (C=O) groups is 1. The van der Waals surface area contributed by atoms with Gasteiger partial charge in [0.2, 0.25) is 0 Å². The van der Waals surface area contributed by atoms with Gasteiger partial charge in [-0.3, -0.25) is 9.80 Å². The van der Waals surface area contributed by atoms with Crippen molar-refractivity contribution in [3.05, 3.63) is 24.3 Å². The molecule has 3 aliphatic heterocycles. The number of para-hydroxylation sites is 2. The first kappa shape index (κ1) is 16.1. The molecule has 1 aromatic rings. The number of anilines is 1. The summed E-state index contributed by atoms with van der Waals surface area (Å²) in [5, 5.41) is 0. The lowest BCUT2D eigenvalue weighted by atomic mass is 9.86. The quantitative estimate of drug-likeness (QED) is 0.855. The van der Waals surface area contributed by atoms with Gasteiger partial charge in [0, 0.05) is 12.6 Å². The van der Waals surface area contributed by atoms with Gasteiger partial charge < -0.3 is 9.47 Å². The van der Waals surface area contributed by atoms with Crippen molar-refractivity contribution in [2.45, 2.75) is 38.8 Å². The fourth-order valence-electron chi connectivity index (χ4n) is 3.65. The van der Waals surface area contributed by atoms with E-state index in [0.29, 0.717) is 11.7 Å². The van der Waals surface area contributed by atoms with E-state index in [2.05, 4.69) is 4.90 Å². The maximum Gasteiger partial charge on any atom is 0.414 e. The Kier molecular flexibility index (Phi) is 4.76. The molecule has 0 aromatic heterocycles. The van der Waals surface area contributed by atoms with Crippen molar-refractivity contribution in [2.75, 3.05) is 31.6 Å². The van der Waals surface area contributed by atoms with Crippen molar-refractivity contribution in [3.63, 3.8) is 0 Å². The Morgan fingerprint density at radius 3 is 2.52 bits per heavy atom. The number of methoxy groups -OCH3 is 1. The molecule has 5 nitrogen and oxygen atoms in total. The minimum atomic E-state index is -0.275. The van der Waals surface area contributed by atoms with Crippen molar-refractivity contribution in [1.82, 2.24) is 4.90 Å². The molecule has 1 amide bonds. The molecule has 0 N–H and O–H groups in total. The molecule has 0 radical (unpaired) electrons. The van der Waals surface area contributed by atoms with E-state index in [0.717, 1.165) is 38.2 Å². The van der Waals surface area contributed by atoms with Crippen LogP contribution >= 0.6 is 0 Å². The maximum atomic E-state index is 12.8. The molecule has 1 aromatic carbocycles. The normalized spacial score (nSPS) is 26.2. The lowest BCUT2D eigenvalue weighted by molar-refractivity contribution is -0.0314. The van der Waals surface area contributed by atoms with Crippen molar-refractivity contribution >= 4 is 11.8 Å². The van der Waals surface area contributed by atoms with Crippen LogP contribution in [0.15, 0.2) is 24.3 Å². The van der Waals surface area contributed by atoms with E-state index in [1.54, 1.807) is 12.0 Å². The van der Waals surface area contributed by atoms with Gasteiger partial charge in [0.25, 0.3) is 0 Å². The zero-order valence-electron chi connectivity index (χ0n) is 14.2. The molecule has 126 valence electrons. The minimum Gasteiger partial charge on any atom is -0.495 e. The molecule has 23 heavy (non-hydrogen) atoms. The minimum absolute atomic E-state index is 0.000107. The first-order valence-corrected chi connectivity index (χ1v) is 8.45. The zero-order chi connectivity index (χ0) is 16.4. The average Bonchev–Trinajstić information content (AvgIpc) is 2.56. The molecule has 2 bridgehead atoms. The van der Waals surface area contributed by atoms with Crippen molar-refractivity contribution in [3.8, 4) is 5.75 Å². The molecule has 0 aliphatic carbocycles. The van der Waals surface area contributed by atoms with Gasteiger partial charge in [-0.05, 0) is 57.8 Å². The standard InChI is InChI=1S/C18H26N2O3/c1-13(2)20(15-6-4-5-7-16(15)22-3)18(21)23-17-12-19-10-8-14(17)9-11-19/h4-7,13-14,17H,8-12H2,1-3H3. The summed E-state index contributed by atoms with van der Waals surface area (Å²) in [6.07, 6.45) is 2.01. The van der Waals surface area contributed by atoms with Crippen LogP contribution in [-0.2, 0) is 4.74 Å². The van der Waals surface area contributed by atoms with Crippen LogP contribution in [0.3, 0.4) is 0 Å². The molecule has 1 unspecified atom stereocenters. The summed E-state index contributed by atoms with van der Waals surface area (Å²) in [6.45, 7) is 7.13. The summed E-state index contributed by atoms with van der Waals surface area (Å²) in [6, 6.07) is 7.58. The second kappa shape index (κ2) is 6.79. The van der Waals surface area contributed by atoms with Gasteiger partial charge >= 0.3 is 6.09 Å². The molecule has 4 rings (SSSR count). The highest BCUT2D eigenvalue weighted by Gasteiger charge is 2.38. The monoisotopic (exact) mass is 318 g/mol. The Morgan fingerprint density at radius 1 is 1.26 bits per heavy atom. The predicted octanol–water partition coefficient (Wildman–Crippen LogP) is 3.14. The second-order valence-electron chi connectivity index (χ2n) is 6.70. The Labute approximate surface area is 138 Å². The summed E-state index contributed by atoms with van der Waals surface area (Å²) in [5.74, 6) is 1.20. The largest absolute Gasteiger partial charge is 0.495 e. The summed E-state index contributed by atoms with van der Waals surface area (Å²) in [5.41, 5.74) is 0.760. The van der Waals surface area contributed by atoms with Crippen LogP contribution in [0.2, 0.25) is 0 Å². The van der Waals surface area contributed by atoms with Crippen molar-refractivity contribution in [1.29, 1.82) is 0 Å². The smallest absolute Gasteiger partial charge is 0.414 e. The van der Waals surface area contributed by atoms with Crippen LogP contribution in [0.5, 0.6) is 5.75 Å². The average molecular weight is 318 g/mol. The van der Waals surface area contributed by atoms with Crippen LogP contribution in [0.1, 0.15) is 26.7 Å². The lowest BCUT2D eigenvalue weighted by Gasteiger charge is -2.44. The first-order chi connectivity index (χ1) is 11.1. The van der Waals surface area contributed by atoms with Crippen LogP contribution in [0.4, 0.5) is 10.5 Å². The topological polar surface area (TPSA) is 42.0 Å². The highest BCUT2D eigenvalue weighted by Crippen LogP contribution is 2.33. The van der Waals surface area contributed by atoms with E-state index in [9.17, 15) is 4.79 Å². The van der Waals surface area contributed by atoms with Gasteiger partial charge in [-0.1, -0.05) is 12.1 Å². The Morgan fingerprint density at radius 2 is 1.96 bits per heavy atom. The van der Waals surface area contributed by atoms with Gasteiger partial charge in [-0.2, -0.15) is 0 Å². The third-order valence-electron chi connectivity index (χ3n) is 4.91. The Hall–Kier alpha value is -1.75. The maximum absolute atomic E-state index is 12.8. The molecule has 3 fully saturated rings. The van der Waals surface area contributed by atoms with Crippen LogP contribution < -0.4 is 9.64 Å². The molecule has 0 spiro atoms. The molecule has 0 saturated carbocycles. The molecule has 5 heteroatoms. The fourth-order valence-corrected chi connectivity index (χ4v) is 3.65. The number of ether oxygens (including phenoxy) is 2. The number of fused-ring (bicyclic) bond motifs is 3. The number of carbonyl (C=O) groups excluding carboxylic acids is 1. The number of rotatable bonds is 4. The summed E-state index contributed by atoms with van der Waals surface area (Å²) in [4.78, 5) is 16.9. The summed E-state index contributed by atoms with van der Waals surface area (Å²) >= 11 is 0. The van der Waals surface area contributed by atoms with Crippen LogP contribution in [0.25, 0.3) is 0 Å². The predicted molar refractivity (Wildman–Crippen MR) is 90.0 cm³/mol. The molecule has 3 heterocycles. The highest BCUT2D eigenvalue weighted by atomic mass is 16.6. The van der Waals surface area contributed by atoms with Gasteiger partial charge in [0.15, 0.2) is 0 Å². The van der Waals surface area contributed by atoms with E-state index >= 15 is 0 Å². The van der Waals surface area contributed by atoms with Gasteiger partial charge in [0.05, 0.1) is 12.8 Å². The van der Waals surface area contributed by atoms with E-state index in [1.165, 1.54) is 0 Å². The van der Waals surface area contributed by atoms with Crippen molar-refractivity contribution < 1.29 is 14.3 Å². The highest BCUT2D eigenvalue weighted by molar-refractivity contribution is 5.90. The molecule has 1 atom stereocenters. The molecule has 3 saturated heterocycles. The number of hydrogen-bond donors (Lipinski definition) is 0. The number of amides is 1. The number of benzene rings is 1. The van der Waals surface area contributed by atoms with Gasteiger partial charge in [0.1, 0.15) is 11.9 Å². The summed E-state index contributed by atoms with van der Waals surface area (Å²) in [7, 11) is 1.62. The summed E-state index contributed by atoms with van der Waals surface area (Å²) < 4.78 is 11.3. The molecular formula is C18H26N2O3. The van der Waals surface area contributed by atoms with Gasteiger partial charge in [-0.25, -0.2) is 4.79 Å². The molecular weight excluding hydrogens is 292 g/mol. The van der Waals surface area contributed by atoms with E-state index in [-0.39, 0.29) is 18.2 Å². The number of hydrogen-bond acceptors (Lipinski definition) is 4. The number of nitrogens with zero attached hydrogens (tertiary/aromatic N) is 2. The van der Waals surface area contributed by atoms with E-state index in [4.69, 9.17) is 9.47 Å². The zero-order valence-corrected chi connectivity index (χ0v) is 14.2. The molecule has 3 aliphatic rings. The lowest BCUT2D eigenvalue weighted by Crippen LogP contribution is -2.53. The van der Waals surface area contributed by atoms with Crippen LogP contribution in [-0.4, -0.2) is 49.9 Å². The number of piperidine rings is 3. The van der Waals surface area contributed by atoms with E-state index in [1.807, 2.05) is 38.1 Å². The third kappa shape index (κ3) is 3.29. The first-order valence-electron chi connectivity index (χ1n) is 8.45. The van der Waals surface area contributed by atoms with Crippen molar-refractivity contribution in [2.24, 2.45) is 5.92 Å².